The predicted octanol–water partition coefficient (Wildman–Crippen LogP) is 6.15. The van der Waals surface area contributed by atoms with Crippen molar-refractivity contribution in [3.63, 3.8) is 0 Å². The number of ether oxygens (including phenoxy) is 2. The van der Waals surface area contributed by atoms with Crippen LogP contribution in [0.25, 0.3) is 22.1 Å². The number of carboxylic acid groups (broad SMARTS) is 1. The topological polar surface area (TPSA) is 115 Å². The number of nitrogens with one attached hydrogen (secondary N) is 1. The van der Waals surface area contributed by atoms with Gasteiger partial charge < -0.3 is 19.0 Å². The van der Waals surface area contributed by atoms with Crippen molar-refractivity contribution in [2.45, 2.75) is 38.3 Å². The largest absolute Gasteiger partial charge is 0.495 e. The number of furan rings is 1. The Hall–Kier alpha value is -3.34. The first-order valence-corrected chi connectivity index (χ1v) is 14.1. The molecule has 1 atom stereocenters. The molecule has 1 unspecified atom stereocenters. The first-order valence-electron chi connectivity index (χ1n) is 11.8. The third-order valence-electron chi connectivity index (χ3n) is 6.24. The van der Waals surface area contributed by atoms with Gasteiger partial charge in [0.25, 0.3) is 0 Å². The van der Waals surface area contributed by atoms with Gasteiger partial charge in [0, 0.05) is 5.56 Å². The van der Waals surface area contributed by atoms with Crippen LogP contribution in [0.3, 0.4) is 0 Å². The van der Waals surface area contributed by atoms with Crippen LogP contribution in [0.1, 0.15) is 25.2 Å². The van der Waals surface area contributed by atoms with E-state index in [-0.39, 0.29) is 11.5 Å². The van der Waals surface area contributed by atoms with Crippen molar-refractivity contribution >= 4 is 42.9 Å². The summed E-state index contributed by atoms with van der Waals surface area (Å²) in [7, 11) is -2.36. The van der Waals surface area contributed by atoms with E-state index >= 15 is 0 Å². The van der Waals surface area contributed by atoms with Crippen molar-refractivity contribution in [1.82, 2.24) is 4.72 Å². The zero-order valence-electron chi connectivity index (χ0n) is 21.3. The molecule has 0 saturated carbocycles. The predicted molar refractivity (Wildman–Crippen MR) is 148 cm³/mol. The summed E-state index contributed by atoms with van der Waals surface area (Å²) in [6, 6.07) is 16.2. The molecule has 0 amide bonds. The van der Waals surface area contributed by atoms with E-state index in [0.29, 0.717) is 11.5 Å². The lowest BCUT2D eigenvalue weighted by Crippen LogP contribution is -2.44. The van der Waals surface area contributed by atoms with Crippen molar-refractivity contribution < 1.29 is 32.2 Å². The number of aliphatic carboxylic acids is 1. The lowest BCUT2D eigenvalue weighted by Gasteiger charge is -2.18. The number of aryl methyl sites for hydroxylation is 1. The van der Waals surface area contributed by atoms with Crippen LogP contribution in [0.5, 0.6) is 11.5 Å². The average molecular weight is 603 g/mol. The highest BCUT2D eigenvalue weighted by Crippen LogP contribution is 2.38. The maximum absolute atomic E-state index is 12.7. The molecular formula is C28H28BrNO7S. The first-order chi connectivity index (χ1) is 18.0. The highest BCUT2D eigenvalue weighted by molar-refractivity contribution is 9.10. The smallest absolute Gasteiger partial charge is 0.322 e. The molecule has 2 N–H and O–H groups in total. The Morgan fingerprint density at radius 2 is 1.63 bits per heavy atom. The molecule has 0 aliphatic carbocycles. The number of hydrogen-bond acceptors (Lipinski definition) is 6. The van der Waals surface area contributed by atoms with Gasteiger partial charge in [-0.25, -0.2) is 8.42 Å². The molecule has 0 aliphatic rings. The van der Waals surface area contributed by atoms with E-state index in [4.69, 9.17) is 13.9 Å². The lowest BCUT2D eigenvalue weighted by atomic mass is 10.1. The van der Waals surface area contributed by atoms with E-state index in [1.165, 1.54) is 12.1 Å². The van der Waals surface area contributed by atoms with E-state index in [9.17, 15) is 18.3 Å². The van der Waals surface area contributed by atoms with E-state index in [1.807, 2.05) is 43.3 Å². The Balaban J connectivity index is 1.45. The second-order valence-corrected chi connectivity index (χ2v) is 11.7. The van der Waals surface area contributed by atoms with Crippen molar-refractivity contribution in [3.8, 4) is 22.6 Å². The molecule has 38 heavy (non-hydrogen) atoms. The number of carboxylic acids is 1. The number of sulfonamides is 1. The molecule has 1 heterocycles. The van der Waals surface area contributed by atoms with Crippen molar-refractivity contribution in [2.75, 3.05) is 7.11 Å². The highest BCUT2D eigenvalue weighted by Gasteiger charge is 2.28. The van der Waals surface area contributed by atoms with Gasteiger partial charge in [0.05, 0.1) is 21.9 Å². The zero-order chi connectivity index (χ0) is 27.6. The van der Waals surface area contributed by atoms with Crippen LogP contribution in [0.4, 0.5) is 0 Å². The maximum atomic E-state index is 12.7. The molecule has 0 aliphatic heterocycles. The third-order valence-corrected chi connectivity index (χ3v) is 8.32. The fraction of sp³-hybridized carbons (Fsp3) is 0.250. The Morgan fingerprint density at radius 1 is 1.03 bits per heavy atom. The van der Waals surface area contributed by atoms with Gasteiger partial charge in [0.15, 0.2) is 0 Å². The SMILES string of the molecule is COc1c(Br)ccc2oc(COc3ccc(-c4ccc(S(=O)(=O)NC(C(=O)O)C(C)C)cc4)cc3)c(C)c12. The van der Waals surface area contributed by atoms with Crippen molar-refractivity contribution in [3.05, 3.63) is 76.5 Å². The van der Waals surface area contributed by atoms with Crippen LogP contribution in [0.15, 0.2) is 74.4 Å². The molecule has 3 aromatic carbocycles. The van der Waals surface area contributed by atoms with E-state index in [0.717, 1.165) is 37.9 Å². The van der Waals surface area contributed by atoms with Crippen LogP contribution in [0.2, 0.25) is 0 Å². The third kappa shape index (κ3) is 5.72. The molecule has 1 aromatic heterocycles. The summed E-state index contributed by atoms with van der Waals surface area (Å²) < 4.78 is 45.9. The Labute approximate surface area is 229 Å². The van der Waals surface area contributed by atoms with Gasteiger partial charge in [-0.2, -0.15) is 4.72 Å². The van der Waals surface area contributed by atoms with Crippen LogP contribution < -0.4 is 14.2 Å². The first kappa shape index (κ1) is 27.7. The molecule has 10 heteroatoms. The number of hydrogen-bond donors (Lipinski definition) is 2. The summed E-state index contributed by atoms with van der Waals surface area (Å²) in [6.07, 6.45) is 0. The van der Waals surface area contributed by atoms with Gasteiger partial charge in [0.2, 0.25) is 10.0 Å². The molecule has 200 valence electrons. The van der Waals surface area contributed by atoms with Gasteiger partial charge in [-0.1, -0.05) is 38.1 Å². The fourth-order valence-corrected chi connectivity index (χ4v) is 5.92. The number of rotatable bonds is 10. The van der Waals surface area contributed by atoms with Crippen molar-refractivity contribution in [2.24, 2.45) is 5.92 Å². The Morgan fingerprint density at radius 3 is 2.18 bits per heavy atom. The van der Waals surface area contributed by atoms with Crippen LogP contribution >= 0.6 is 15.9 Å². The molecule has 0 bridgehead atoms. The van der Waals surface area contributed by atoms with E-state index in [1.54, 1.807) is 33.1 Å². The number of benzene rings is 3. The summed E-state index contributed by atoms with van der Waals surface area (Å²) in [4.78, 5) is 11.4. The molecule has 8 nitrogen and oxygen atoms in total. The molecule has 0 spiro atoms. The Bertz CT molecular complexity index is 1560. The number of halogens is 1. The Kier molecular flexibility index (Phi) is 8.15. The van der Waals surface area contributed by atoms with Gasteiger partial charge in [0.1, 0.15) is 35.5 Å². The number of fused-ring (bicyclic) bond motifs is 1. The minimum Gasteiger partial charge on any atom is -0.495 e. The van der Waals surface area contributed by atoms with E-state index < -0.39 is 28.0 Å². The van der Waals surface area contributed by atoms with Crippen molar-refractivity contribution in [1.29, 1.82) is 0 Å². The fourth-order valence-electron chi connectivity index (χ4n) is 4.09. The molecule has 0 radical (unpaired) electrons. The standard InChI is InChI=1S/C28H28BrNO7S/c1-16(2)26(28(31)32)30-38(33,34)21-11-7-19(8-12-21)18-5-9-20(10-6-18)36-15-24-17(3)25-23(37-24)14-13-22(29)27(25)35-4/h5-14,16,26,30H,15H2,1-4H3,(H,31,32). The number of methoxy groups -OCH3 is 1. The van der Waals surface area contributed by atoms with Crippen LogP contribution in [-0.4, -0.2) is 32.6 Å². The zero-order valence-corrected chi connectivity index (χ0v) is 23.7. The molecule has 0 fully saturated rings. The normalized spacial score (nSPS) is 12.6. The summed E-state index contributed by atoms with van der Waals surface area (Å²) in [5.41, 5.74) is 3.34. The summed E-state index contributed by atoms with van der Waals surface area (Å²) in [5.74, 6) is 0.455. The molecule has 4 rings (SSSR count). The molecule has 0 saturated heterocycles. The summed E-state index contributed by atoms with van der Waals surface area (Å²) in [6.45, 7) is 5.50. The lowest BCUT2D eigenvalue weighted by molar-refractivity contribution is -0.140. The number of carbonyl (C=O) groups is 1. The van der Waals surface area contributed by atoms with Gasteiger partial charge >= 0.3 is 5.97 Å². The molecule has 4 aromatic rings. The molecular weight excluding hydrogens is 574 g/mol. The van der Waals surface area contributed by atoms with Gasteiger partial charge in [-0.3, -0.25) is 4.79 Å². The van der Waals surface area contributed by atoms with Gasteiger partial charge in [-0.15, -0.1) is 0 Å². The maximum Gasteiger partial charge on any atom is 0.322 e. The highest BCUT2D eigenvalue weighted by atomic mass is 79.9. The second-order valence-electron chi connectivity index (χ2n) is 9.12. The second kappa shape index (κ2) is 11.2. The quantitative estimate of drug-likeness (QED) is 0.224. The van der Waals surface area contributed by atoms with Crippen LogP contribution in [0, 0.1) is 12.8 Å². The average Bonchev–Trinajstić information content (AvgIpc) is 3.21. The summed E-state index contributed by atoms with van der Waals surface area (Å²) in [5, 5.41) is 10.2. The van der Waals surface area contributed by atoms with Gasteiger partial charge in [-0.05, 0) is 76.3 Å². The monoisotopic (exact) mass is 601 g/mol. The van der Waals surface area contributed by atoms with Crippen LogP contribution in [-0.2, 0) is 21.4 Å². The van der Waals surface area contributed by atoms with E-state index in [2.05, 4.69) is 20.7 Å². The minimum absolute atomic E-state index is 0.00188. The minimum atomic E-state index is -3.98. The summed E-state index contributed by atoms with van der Waals surface area (Å²) >= 11 is 3.50.